The summed E-state index contributed by atoms with van der Waals surface area (Å²) in [5.74, 6) is 0.289. The van der Waals surface area contributed by atoms with E-state index in [1.165, 1.54) is 4.90 Å². The van der Waals surface area contributed by atoms with Crippen LogP contribution < -0.4 is 4.74 Å². The molecule has 2 saturated heterocycles. The van der Waals surface area contributed by atoms with Crippen LogP contribution in [-0.4, -0.2) is 65.2 Å². The Kier molecular flexibility index (Phi) is 3.19. The second-order valence-corrected chi connectivity index (χ2v) is 5.53. The molecule has 0 N–H and O–H groups in total. The number of pyridine rings is 1. The number of aromatic nitrogens is 1. The van der Waals surface area contributed by atoms with E-state index in [1.54, 1.807) is 43.3 Å². The van der Waals surface area contributed by atoms with Gasteiger partial charge in [-0.15, -0.1) is 0 Å². The highest BCUT2D eigenvalue weighted by molar-refractivity contribution is 5.82. The summed E-state index contributed by atoms with van der Waals surface area (Å²) >= 11 is 0. The van der Waals surface area contributed by atoms with Crippen LogP contribution in [0, 0.1) is 0 Å². The predicted molar refractivity (Wildman–Crippen MR) is 72.7 cm³/mol. The van der Waals surface area contributed by atoms with Crippen LogP contribution in [0.3, 0.4) is 0 Å². The number of likely N-dealkylation sites (tertiary alicyclic amines) is 1. The molecule has 7 nitrogen and oxygen atoms in total. The molecule has 3 rings (SSSR count). The normalized spacial score (nSPS) is 21.0. The van der Waals surface area contributed by atoms with E-state index in [0.717, 1.165) is 0 Å². The Morgan fingerprint density at radius 3 is 2.76 bits per heavy atom. The van der Waals surface area contributed by atoms with E-state index in [-0.39, 0.29) is 12.0 Å². The van der Waals surface area contributed by atoms with Crippen LogP contribution in [0.1, 0.15) is 6.92 Å². The molecule has 1 aromatic rings. The number of amides is 2. The van der Waals surface area contributed by atoms with Crippen LogP contribution in [0.2, 0.25) is 0 Å². The van der Waals surface area contributed by atoms with Crippen LogP contribution in [-0.2, 0) is 9.53 Å². The molecule has 2 fully saturated rings. The van der Waals surface area contributed by atoms with E-state index in [4.69, 9.17) is 9.47 Å². The molecule has 0 aromatic carbocycles. The van der Waals surface area contributed by atoms with Gasteiger partial charge >= 0.3 is 6.09 Å². The number of carbonyl (C=O) groups excluding carboxylic acids is 2. The van der Waals surface area contributed by atoms with Crippen LogP contribution >= 0.6 is 0 Å². The Labute approximate surface area is 122 Å². The Balaban J connectivity index is 1.55. The Morgan fingerprint density at radius 1 is 1.43 bits per heavy atom. The van der Waals surface area contributed by atoms with Crippen molar-refractivity contribution in [3.8, 4) is 5.88 Å². The van der Waals surface area contributed by atoms with Gasteiger partial charge in [0.2, 0.25) is 5.88 Å². The number of hydrogen-bond donors (Lipinski definition) is 0. The van der Waals surface area contributed by atoms with Gasteiger partial charge in [0.25, 0.3) is 5.91 Å². The first-order valence-corrected chi connectivity index (χ1v) is 6.80. The molecular formula is C14H17N3O4. The molecule has 2 amide bonds. The second-order valence-electron chi connectivity index (χ2n) is 5.53. The maximum Gasteiger partial charge on any atom is 0.410 e. The first-order valence-electron chi connectivity index (χ1n) is 6.80. The number of nitrogens with zero attached hydrogens (tertiary/aromatic N) is 3. The standard InChI is InChI=1S/C14H17N3O4/c1-10(20-11-5-3-4-6-15-11)12(18)17-8-14(9-17)7-16(2)13(19)21-14/h3-6,10H,7-9H2,1-2H3. The third kappa shape index (κ3) is 2.51. The molecule has 0 bridgehead atoms. The van der Waals surface area contributed by atoms with Crippen LogP contribution in [0.15, 0.2) is 24.4 Å². The highest BCUT2D eigenvalue weighted by Crippen LogP contribution is 2.32. The Bertz CT molecular complexity index is 557. The number of carbonyl (C=O) groups is 2. The number of hydrogen-bond acceptors (Lipinski definition) is 5. The SMILES string of the molecule is CC(Oc1ccccn1)C(=O)N1CC2(CN(C)C(=O)O2)C1. The first-order chi connectivity index (χ1) is 9.99. The van der Waals surface area contributed by atoms with Gasteiger partial charge in [-0.05, 0) is 13.0 Å². The van der Waals surface area contributed by atoms with Gasteiger partial charge in [0, 0.05) is 19.3 Å². The summed E-state index contributed by atoms with van der Waals surface area (Å²) < 4.78 is 10.8. The van der Waals surface area contributed by atoms with Crippen LogP contribution in [0.25, 0.3) is 0 Å². The van der Waals surface area contributed by atoms with Crippen molar-refractivity contribution >= 4 is 12.0 Å². The second kappa shape index (κ2) is 4.91. The summed E-state index contributed by atoms with van der Waals surface area (Å²) in [7, 11) is 1.69. The molecule has 1 aromatic heterocycles. The fourth-order valence-electron chi connectivity index (χ4n) is 2.67. The minimum atomic E-state index is -0.618. The summed E-state index contributed by atoms with van der Waals surface area (Å²) in [6, 6.07) is 5.28. The molecule has 2 aliphatic rings. The molecule has 0 radical (unpaired) electrons. The summed E-state index contributed by atoms with van der Waals surface area (Å²) in [5.41, 5.74) is -0.536. The van der Waals surface area contributed by atoms with E-state index in [1.807, 2.05) is 0 Å². The van der Waals surface area contributed by atoms with Gasteiger partial charge in [-0.25, -0.2) is 9.78 Å². The van der Waals surface area contributed by atoms with Crippen molar-refractivity contribution in [2.45, 2.75) is 18.6 Å². The smallest absolute Gasteiger partial charge is 0.410 e. The minimum absolute atomic E-state index is 0.128. The average Bonchev–Trinajstić information content (AvgIpc) is 2.73. The Morgan fingerprint density at radius 2 is 2.19 bits per heavy atom. The third-order valence-corrected chi connectivity index (χ3v) is 3.69. The first kappa shape index (κ1) is 13.7. The highest BCUT2D eigenvalue weighted by Gasteiger charge is 2.54. The quantitative estimate of drug-likeness (QED) is 0.811. The Hall–Kier alpha value is -2.31. The molecule has 1 atom stereocenters. The van der Waals surface area contributed by atoms with Gasteiger partial charge in [-0.2, -0.15) is 0 Å². The van der Waals surface area contributed by atoms with E-state index >= 15 is 0 Å². The monoisotopic (exact) mass is 291 g/mol. The lowest BCUT2D eigenvalue weighted by molar-refractivity contribution is -0.156. The van der Waals surface area contributed by atoms with Gasteiger partial charge in [0.1, 0.15) is 0 Å². The maximum atomic E-state index is 12.3. The van der Waals surface area contributed by atoms with Crippen LogP contribution in [0.5, 0.6) is 5.88 Å². The third-order valence-electron chi connectivity index (χ3n) is 3.69. The van der Waals surface area contributed by atoms with E-state index in [0.29, 0.717) is 25.5 Å². The molecule has 21 heavy (non-hydrogen) atoms. The van der Waals surface area contributed by atoms with Crippen molar-refractivity contribution < 1.29 is 19.1 Å². The van der Waals surface area contributed by atoms with Gasteiger partial charge in [0.05, 0.1) is 19.6 Å². The lowest BCUT2D eigenvalue weighted by Gasteiger charge is -2.46. The van der Waals surface area contributed by atoms with E-state index < -0.39 is 11.7 Å². The van der Waals surface area contributed by atoms with Gasteiger partial charge < -0.3 is 19.3 Å². The lowest BCUT2D eigenvalue weighted by atomic mass is 9.93. The van der Waals surface area contributed by atoms with Gasteiger partial charge in [-0.3, -0.25) is 4.79 Å². The molecular weight excluding hydrogens is 274 g/mol. The van der Waals surface area contributed by atoms with Crippen molar-refractivity contribution in [3.05, 3.63) is 24.4 Å². The number of likely N-dealkylation sites (N-methyl/N-ethyl adjacent to an activating group) is 1. The summed E-state index contributed by atoms with van der Waals surface area (Å²) in [5, 5.41) is 0. The minimum Gasteiger partial charge on any atom is -0.465 e. The largest absolute Gasteiger partial charge is 0.465 e. The zero-order chi connectivity index (χ0) is 15.0. The molecule has 0 aliphatic carbocycles. The predicted octanol–water partition coefficient (Wildman–Crippen LogP) is 0.512. The lowest BCUT2D eigenvalue weighted by Crippen LogP contribution is -2.67. The molecule has 2 aliphatic heterocycles. The fourth-order valence-corrected chi connectivity index (χ4v) is 2.67. The molecule has 112 valence electrons. The average molecular weight is 291 g/mol. The molecule has 1 spiro atoms. The summed E-state index contributed by atoms with van der Waals surface area (Å²) in [6.45, 7) is 3.04. The van der Waals surface area contributed by atoms with Crippen molar-refractivity contribution in [2.75, 3.05) is 26.7 Å². The molecule has 0 saturated carbocycles. The van der Waals surface area contributed by atoms with Crippen molar-refractivity contribution in [1.29, 1.82) is 0 Å². The zero-order valence-corrected chi connectivity index (χ0v) is 12.0. The number of ether oxygens (including phenoxy) is 2. The van der Waals surface area contributed by atoms with Gasteiger partial charge in [-0.1, -0.05) is 6.07 Å². The summed E-state index contributed by atoms with van der Waals surface area (Å²) in [4.78, 5) is 30.8. The zero-order valence-electron chi connectivity index (χ0n) is 12.0. The molecule has 1 unspecified atom stereocenters. The van der Waals surface area contributed by atoms with Crippen molar-refractivity contribution in [1.82, 2.24) is 14.8 Å². The van der Waals surface area contributed by atoms with Gasteiger partial charge in [0.15, 0.2) is 11.7 Å². The molecule has 7 heteroatoms. The van der Waals surface area contributed by atoms with E-state index in [9.17, 15) is 9.59 Å². The van der Waals surface area contributed by atoms with Crippen molar-refractivity contribution in [2.24, 2.45) is 0 Å². The van der Waals surface area contributed by atoms with Crippen LogP contribution in [0.4, 0.5) is 4.79 Å². The summed E-state index contributed by atoms with van der Waals surface area (Å²) in [6.07, 6.45) is 0.658. The van der Waals surface area contributed by atoms with Crippen molar-refractivity contribution in [3.63, 3.8) is 0 Å². The van der Waals surface area contributed by atoms with E-state index in [2.05, 4.69) is 4.98 Å². The topological polar surface area (TPSA) is 72.0 Å². The number of rotatable bonds is 3. The fraction of sp³-hybridized carbons (Fsp3) is 0.500. The molecule has 3 heterocycles. The maximum absolute atomic E-state index is 12.3. The highest BCUT2D eigenvalue weighted by atomic mass is 16.6.